The average molecular weight is 312 g/mol. The second-order valence-corrected chi connectivity index (χ2v) is 4.63. The Kier molecular flexibility index (Phi) is 3.15. The zero-order valence-electron chi connectivity index (χ0n) is 11.6. The van der Waals surface area contributed by atoms with Gasteiger partial charge in [0.1, 0.15) is 12.4 Å². The minimum absolute atomic E-state index is 0.169. The molecule has 3 heterocycles. The number of rotatable bonds is 4. The first-order valence-electron chi connectivity index (χ1n) is 6.68. The Morgan fingerprint density at radius 3 is 2.70 bits per heavy atom. The van der Waals surface area contributed by atoms with E-state index in [-0.39, 0.29) is 18.3 Å². The SMILES string of the molecule is Fc1ccc(-c2nnn(Cc3nnc(-c4ccco4)o3)n2)cc1. The molecule has 4 aromatic rings. The molecule has 0 amide bonds. The lowest BCUT2D eigenvalue weighted by molar-refractivity contribution is 0.436. The van der Waals surface area contributed by atoms with Gasteiger partial charge in [0.25, 0.3) is 5.89 Å². The van der Waals surface area contributed by atoms with Crippen LogP contribution >= 0.6 is 0 Å². The smallest absolute Gasteiger partial charge is 0.283 e. The van der Waals surface area contributed by atoms with Crippen molar-refractivity contribution >= 4 is 0 Å². The molecule has 23 heavy (non-hydrogen) atoms. The Bertz CT molecular complexity index is 913. The van der Waals surface area contributed by atoms with E-state index in [0.717, 1.165) is 0 Å². The molecule has 0 aliphatic heterocycles. The lowest BCUT2D eigenvalue weighted by Crippen LogP contribution is -2.04. The third kappa shape index (κ3) is 2.71. The number of nitrogens with zero attached hydrogens (tertiary/aromatic N) is 6. The molecule has 114 valence electrons. The number of halogens is 1. The summed E-state index contributed by atoms with van der Waals surface area (Å²) in [7, 11) is 0. The fourth-order valence-corrected chi connectivity index (χ4v) is 1.96. The molecule has 9 heteroatoms. The molecule has 0 aliphatic carbocycles. The van der Waals surface area contributed by atoms with E-state index in [9.17, 15) is 4.39 Å². The van der Waals surface area contributed by atoms with Gasteiger partial charge in [-0.1, -0.05) is 0 Å². The zero-order valence-corrected chi connectivity index (χ0v) is 11.6. The highest BCUT2D eigenvalue weighted by atomic mass is 19.1. The van der Waals surface area contributed by atoms with Crippen LogP contribution in [0.15, 0.2) is 51.5 Å². The molecule has 0 bridgehead atoms. The minimum Gasteiger partial charge on any atom is -0.459 e. The van der Waals surface area contributed by atoms with E-state index in [4.69, 9.17) is 8.83 Å². The first-order chi connectivity index (χ1) is 11.3. The van der Waals surface area contributed by atoms with E-state index < -0.39 is 0 Å². The van der Waals surface area contributed by atoms with Crippen molar-refractivity contribution in [2.45, 2.75) is 6.54 Å². The first kappa shape index (κ1) is 13.3. The normalized spacial score (nSPS) is 11.0. The quantitative estimate of drug-likeness (QED) is 0.569. The van der Waals surface area contributed by atoms with Gasteiger partial charge in [0.2, 0.25) is 11.7 Å². The van der Waals surface area contributed by atoms with Gasteiger partial charge in [-0.15, -0.1) is 20.4 Å². The highest BCUT2D eigenvalue weighted by Crippen LogP contribution is 2.18. The summed E-state index contributed by atoms with van der Waals surface area (Å²) in [5, 5.41) is 19.8. The summed E-state index contributed by atoms with van der Waals surface area (Å²) in [6.45, 7) is 0.169. The summed E-state index contributed by atoms with van der Waals surface area (Å²) in [6, 6.07) is 9.29. The molecule has 3 aromatic heterocycles. The van der Waals surface area contributed by atoms with Gasteiger partial charge in [0.15, 0.2) is 5.76 Å². The van der Waals surface area contributed by atoms with Crippen LogP contribution in [0.3, 0.4) is 0 Å². The molecule has 0 saturated carbocycles. The van der Waals surface area contributed by atoms with Gasteiger partial charge in [0.05, 0.1) is 6.26 Å². The van der Waals surface area contributed by atoms with E-state index in [2.05, 4.69) is 25.6 Å². The third-order valence-electron chi connectivity index (χ3n) is 3.03. The third-order valence-corrected chi connectivity index (χ3v) is 3.03. The van der Waals surface area contributed by atoms with Gasteiger partial charge >= 0.3 is 0 Å². The van der Waals surface area contributed by atoms with Crippen molar-refractivity contribution < 1.29 is 13.2 Å². The molecule has 0 atom stereocenters. The van der Waals surface area contributed by atoms with E-state index in [1.807, 2.05) is 0 Å². The van der Waals surface area contributed by atoms with Gasteiger partial charge in [0, 0.05) is 5.56 Å². The van der Waals surface area contributed by atoms with Crippen LogP contribution in [0.5, 0.6) is 0 Å². The van der Waals surface area contributed by atoms with Gasteiger partial charge in [-0.3, -0.25) is 0 Å². The van der Waals surface area contributed by atoms with Crippen molar-refractivity contribution in [1.29, 1.82) is 0 Å². The van der Waals surface area contributed by atoms with Gasteiger partial charge < -0.3 is 8.83 Å². The van der Waals surface area contributed by atoms with Crippen molar-refractivity contribution in [2.24, 2.45) is 0 Å². The second-order valence-electron chi connectivity index (χ2n) is 4.63. The molecule has 1 aromatic carbocycles. The predicted octanol–water partition coefficient (Wildman–Crippen LogP) is 2.17. The molecule has 8 nitrogen and oxygen atoms in total. The summed E-state index contributed by atoms with van der Waals surface area (Å²) < 4.78 is 23.6. The van der Waals surface area contributed by atoms with E-state index in [1.165, 1.54) is 23.2 Å². The number of tetrazole rings is 1. The number of furan rings is 1. The van der Waals surface area contributed by atoms with Crippen LogP contribution in [0.25, 0.3) is 23.0 Å². The van der Waals surface area contributed by atoms with Crippen LogP contribution in [0.4, 0.5) is 4.39 Å². The number of aromatic nitrogens is 6. The highest BCUT2D eigenvalue weighted by molar-refractivity contribution is 5.53. The molecule has 4 rings (SSSR count). The Labute approximate surface area is 128 Å². The molecule has 0 saturated heterocycles. The van der Waals surface area contributed by atoms with Crippen LogP contribution in [-0.2, 0) is 6.54 Å². The highest BCUT2D eigenvalue weighted by Gasteiger charge is 2.13. The monoisotopic (exact) mass is 312 g/mol. The lowest BCUT2D eigenvalue weighted by atomic mass is 10.2. The molecule has 0 fully saturated rings. The second kappa shape index (κ2) is 5.44. The average Bonchev–Trinajstić information content (AvgIpc) is 3.29. The molecule has 0 unspecified atom stereocenters. The first-order valence-corrected chi connectivity index (χ1v) is 6.68. The predicted molar refractivity (Wildman–Crippen MR) is 74.3 cm³/mol. The summed E-state index contributed by atoms with van der Waals surface area (Å²) in [5.41, 5.74) is 0.666. The standard InChI is InChI=1S/C14H9FN6O2/c15-10-5-3-9(4-6-10)13-17-20-21(19-13)8-12-16-18-14(23-12)11-2-1-7-22-11/h1-7H,8H2. The molecule has 0 spiro atoms. The lowest BCUT2D eigenvalue weighted by Gasteiger charge is -1.94. The van der Waals surface area contributed by atoms with Crippen LogP contribution in [0.1, 0.15) is 5.89 Å². The molecule has 0 radical (unpaired) electrons. The zero-order chi connectivity index (χ0) is 15.6. The molecule has 0 aliphatic rings. The summed E-state index contributed by atoms with van der Waals surface area (Å²) in [6.07, 6.45) is 1.52. The Morgan fingerprint density at radius 2 is 1.91 bits per heavy atom. The fourth-order valence-electron chi connectivity index (χ4n) is 1.96. The van der Waals surface area contributed by atoms with Crippen LogP contribution in [0, 0.1) is 5.82 Å². The molecular formula is C14H9FN6O2. The number of hydrogen-bond donors (Lipinski definition) is 0. The van der Waals surface area contributed by atoms with Gasteiger partial charge in [-0.25, -0.2) is 4.39 Å². The number of benzene rings is 1. The Morgan fingerprint density at radius 1 is 1.04 bits per heavy atom. The molecular weight excluding hydrogens is 303 g/mol. The topological polar surface area (TPSA) is 95.7 Å². The maximum Gasteiger partial charge on any atom is 0.283 e. The van der Waals surface area contributed by atoms with Crippen molar-refractivity contribution in [2.75, 3.05) is 0 Å². The van der Waals surface area contributed by atoms with Crippen molar-refractivity contribution in [1.82, 2.24) is 30.4 Å². The summed E-state index contributed by atoms with van der Waals surface area (Å²) in [4.78, 5) is 1.32. The van der Waals surface area contributed by atoms with Gasteiger partial charge in [-0.05, 0) is 41.6 Å². The molecule has 0 N–H and O–H groups in total. The van der Waals surface area contributed by atoms with E-state index in [0.29, 0.717) is 23.0 Å². The van der Waals surface area contributed by atoms with Gasteiger partial charge in [-0.2, -0.15) is 4.80 Å². The van der Waals surface area contributed by atoms with Crippen molar-refractivity contribution in [3.05, 3.63) is 54.4 Å². The van der Waals surface area contributed by atoms with Crippen LogP contribution < -0.4 is 0 Å². The van der Waals surface area contributed by atoms with Crippen LogP contribution in [-0.4, -0.2) is 30.4 Å². The van der Waals surface area contributed by atoms with E-state index in [1.54, 1.807) is 24.3 Å². The maximum absolute atomic E-state index is 12.9. The minimum atomic E-state index is -0.322. The summed E-state index contributed by atoms with van der Waals surface area (Å²) >= 11 is 0. The van der Waals surface area contributed by atoms with Crippen molar-refractivity contribution in [3.8, 4) is 23.0 Å². The van der Waals surface area contributed by atoms with E-state index >= 15 is 0 Å². The number of hydrogen-bond acceptors (Lipinski definition) is 7. The van der Waals surface area contributed by atoms with Crippen LogP contribution in [0.2, 0.25) is 0 Å². The largest absolute Gasteiger partial charge is 0.459 e. The maximum atomic E-state index is 12.9. The summed E-state index contributed by atoms with van der Waals surface area (Å²) in [5.74, 6) is 1.15. The van der Waals surface area contributed by atoms with Crippen molar-refractivity contribution in [3.63, 3.8) is 0 Å². The fraction of sp³-hybridized carbons (Fsp3) is 0.0714. The Balaban J connectivity index is 1.53. The Hall–Kier alpha value is -3.36.